The fourth-order valence-corrected chi connectivity index (χ4v) is 2.61. The molecule has 114 valence electrons. The molecule has 0 aliphatic heterocycles. The third-order valence-electron chi connectivity index (χ3n) is 3.89. The lowest BCUT2D eigenvalue weighted by Gasteiger charge is -2.10. The Morgan fingerprint density at radius 1 is 1.18 bits per heavy atom. The van der Waals surface area contributed by atoms with E-state index in [2.05, 4.69) is 34.5 Å². The summed E-state index contributed by atoms with van der Waals surface area (Å²) in [6.07, 6.45) is 0. The molecule has 0 aliphatic carbocycles. The van der Waals surface area contributed by atoms with E-state index in [1.54, 1.807) is 0 Å². The van der Waals surface area contributed by atoms with Crippen LogP contribution in [0.1, 0.15) is 28.3 Å². The molecule has 3 rings (SSSR count). The minimum atomic E-state index is 0.352. The average Bonchev–Trinajstić information content (AvgIpc) is 3.06. The first kappa shape index (κ1) is 14.5. The fourth-order valence-electron chi connectivity index (χ4n) is 2.61. The molecule has 3 aromatic rings. The predicted molar refractivity (Wildman–Crippen MR) is 83.2 cm³/mol. The average molecular weight is 297 g/mol. The first-order chi connectivity index (χ1) is 10.6. The van der Waals surface area contributed by atoms with Gasteiger partial charge in [0.2, 0.25) is 0 Å². The summed E-state index contributed by atoms with van der Waals surface area (Å²) in [5, 5.41) is 12.5. The fraction of sp³-hybridized carbons (Fsp3) is 0.312. The zero-order valence-electron chi connectivity index (χ0n) is 13.0. The van der Waals surface area contributed by atoms with Gasteiger partial charge in [-0.15, -0.1) is 5.10 Å². The highest BCUT2D eigenvalue weighted by molar-refractivity contribution is 5.65. The van der Waals surface area contributed by atoms with E-state index >= 15 is 0 Å². The first-order valence-corrected chi connectivity index (χ1v) is 7.22. The van der Waals surface area contributed by atoms with Crippen molar-refractivity contribution in [3.8, 4) is 11.3 Å². The molecule has 2 aromatic heterocycles. The molecule has 0 fully saturated rings. The second kappa shape index (κ2) is 5.73. The molecule has 6 heteroatoms. The van der Waals surface area contributed by atoms with Crippen LogP contribution in [0.2, 0.25) is 0 Å². The molecule has 0 bridgehead atoms. The van der Waals surface area contributed by atoms with Crippen molar-refractivity contribution in [3.63, 3.8) is 0 Å². The van der Waals surface area contributed by atoms with Gasteiger partial charge in [0.05, 0.1) is 17.9 Å². The van der Waals surface area contributed by atoms with E-state index in [0.29, 0.717) is 13.1 Å². The van der Waals surface area contributed by atoms with E-state index in [4.69, 9.17) is 10.3 Å². The van der Waals surface area contributed by atoms with E-state index in [9.17, 15) is 0 Å². The maximum Gasteiger partial charge on any atom is 0.138 e. The second-order valence-electron chi connectivity index (χ2n) is 5.36. The number of nitrogens with zero attached hydrogens (tertiary/aromatic N) is 4. The van der Waals surface area contributed by atoms with Crippen LogP contribution in [-0.2, 0) is 13.1 Å². The van der Waals surface area contributed by atoms with E-state index in [1.165, 1.54) is 5.56 Å². The highest BCUT2D eigenvalue weighted by atomic mass is 16.5. The lowest BCUT2D eigenvalue weighted by Crippen LogP contribution is -2.07. The molecule has 2 N–H and O–H groups in total. The lowest BCUT2D eigenvalue weighted by molar-refractivity contribution is 0.391. The number of rotatable bonds is 4. The van der Waals surface area contributed by atoms with Crippen LogP contribution in [-0.4, -0.2) is 20.2 Å². The van der Waals surface area contributed by atoms with Crippen LogP contribution in [0.15, 0.2) is 28.8 Å². The monoisotopic (exact) mass is 297 g/mol. The molecule has 0 amide bonds. The Morgan fingerprint density at radius 3 is 2.59 bits per heavy atom. The molecule has 0 saturated carbocycles. The molecular weight excluding hydrogens is 278 g/mol. The summed E-state index contributed by atoms with van der Waals surface area (Å²) in [7, 11) is 0. The van der Waals surface area contributed by atoms with Crippen molar-refractivity contribution in [2.24, 2.45) is 5.73 Å². The van der Waals surface area contributed by atoms with Crippen molar-refractivity contribution in [1.82, 2.24) is 20.2 Å². The molecule has 0 aliphatic rings. The second-order valence-corrected chi connectivity index (χ2v) is 5.36. The number of hydrogen-bond acceptors (Lipinski definition) is 5. The van der Waals surface area contributed by atoms with Gasteiger partial charge in [-0.25, -0.2) is 4.68 Å². The van der Waals surface area contributed by atoms with Crippen LogP contribution in [0.3, 0.4) is 0 Å². The lowest BCUT2D eigenvalue weighted by atomic mass is 10.0. The Morgan fingerprint density at radius 2 is 1.95 bits per heavy atom. The zero-order chi connectivity index (χ0) is 15.7. The smallest absolute Gasteiger partial charge is 0.138 e. The summed E-state index contributed by atoms with van der Waals surface area (Å²) >= 11 is 0. The largest absolute Gasteiger partial charge is 0.361 e. The first-order valence-electron chi connectivity index (χ1n) is 7.22. The normalized spacial score (nSPS) is 11.1. The molecular formula is C16H19N5O. The predicted octanol–water partition coefficient (Wildman–Crippen LogP) is 2.37. The summed E-state index contributed by atoms with van der Waals surface area (Å²) in [4.78, 5) is 0. The summed E-state index contributed by atoms with van der Waals surface area (Å²) < 4.78 is 7.11. The number of nitrogens with two attached hydrogens (primary N) is 1. The number of aryl methyl sites for hydroxylation is 3. The summed E-state index contributed by atoms with van der Waals surface area (Å²) in [6, 6.07) is 8.17. The highest BCUT2D eigenvalue weighted by Crippen LogP contribution is 2.27. The van der Waals surface area contributed by atoms with Crippen molar-refractivity contribution in [2.45, 2.75) is 33.9 Å². The molecule has 0 unspecified atom stereocenters. The number of benzene rings is 1. The van der Waals surface area contributed by atoms with Gasteiger partial charge >= 0.3 is 0 Å². The van der Waals surface area contributed by atoms with Crippen LogP contribution >= 0.6 is 0 Å². The summed E-state index contributed by atoms with van der Waals surface area (Å²) in [5.41, 5.74) is 11.8. The molecule has 0 saturated heterocycles. The van der Waals surface area contributed by atoms with Crippen molar-refractivity contribution in [3.05, 3.63) is 52.5 Å². The molecule has 0 atom stereocenters. The van der Waals surface area contributed by atoms with Crippen molar-refractivity contribution in [1.29, 1.82) is 0 Å². The molecule has 6 nitrogen and oxygen atoms in total. The maximum absolute atomic E-state index is 5.84. The third kappa shape index (κ3) is 2.42. The van der Waals surface area contributed by atoms with Crippen molar-refractivity contribution < 1.29 is 4.52 Å². The SMILES string of the molecule is Cc1ccccc1-c1c(CN)nnn1Cc1c(C)noc1C. The standard InChI is InChI=1S/C16H19N5O/c1-10-6-4-5-7-13(10)16-15(8-17)18-20-21(16)9-14-11(2)19-22-12(14)3/h4-7H,8-9,17H2,1-3H3. The van der Waals surface area contributed by atoms with Gasteiger partial charge in [0, 0.05) is 17.7 Å². The van der Waals surface area contributed by atoms with Gasteiger partial charge in [0.1, 0.15) is 11.5 Å². The van der Waals surface area contributed by atoms with Gasteiger partial charge in [0.25, 0.3) is 0 Å². The number of hydrogen-bond donors (Lipinski definition) is 1. The van der Waals surface area contributed by atoms with E-state index < -0.39 is 0 Å². The minimum Gasteiger partial charge on any atom is -0.361 e. The minimum absolute atomic E-state index is 0.352. The van der Waals surface area contributed by atoms with E-state index in [1.807, 2.05) is 30.7 Å². The van der Waals surface area contributed by atoms with Gasteiger partial charge in [-0.2, -0.15) is 0 Å². The van der Waals surface area contributed by atoms with Gasteiger partial charge < -0.3 is 10.3 Å². The zero-order valence-corrected chi connectivity index (χ0v) is 13.0. The van der Waals surface area contributed by atoms with Crippen molar-refractivity contribution in [2.75, 3.05) is 0 Å². The van der Waals surface area contributed by atoms with Gasteiger partial charge in [-0.3, -0.25) is 0 Å². The molecule has 0 spiro atoms. The van der Waals surface area contributed by atoms with Gasteiger partial charge in [0.15, 0.2) is 0 Å². The Labute approximate surface area is 128 Å². The Bertz CT molecular complexity index is 783. The molecule has 2 heterocycles. The van der Waals surface area contributed by atoms with Crippen LogP contribution in [0.5, 0.6) is 0 Å². The Balaban J connectivity index is 2.10. The van der Waals surface area contributed by atoms with Crippen LogP contribution in [0, 0.1) is 20.8 Å². The maximum atomic E-state index is 5.84. The molecule has 0 radical (unpaired) electrons. The van der Waals surface area contributed by atoms with Gasteiger partial charge in [-0.05, 0) is 26.3 Å². The van der Waals surface area contributed by atoms with E-state index in [-0.39, 0.29) is 0 Å². The van der Waals surface area contributed by atoms with Crippen molar-refractivity contribution >= 4 is 0 Å². The Kier molecular flexibility index (Phi) is 3.77. The van der Waals surface area contributed by atoms with Crippen LogP contribution in [0.4, 0.5) is 0 Å². The summed E-state index contributed by atoms with van der Waals surface area (Å²) in [5.74, 6) is 0.804. The topological polar surface area (TPSA) is 82.8 Å². The molecule has 1 aromatic carbocycles. The van der Waals surface area contributed by atoms with Crippen LogP contribution in [0.25, 0.3) is 11.3 Å². The highest BCUT2D eigenvalue weighted by Gasteiger charge is 2.18. The number of aromatic nitrogens is 4. The quantitative estimate of drug-likeness (QED) is 0.799. The molecule has 22 heavy (non-hydrogen) atoms. The Hall–Kier alpha value is -2.47. The summed E-state index contributed by atoms with van der Waals surface area (Å²) in [6.45, 7) is 6.83. The third-order valence-corrected chi connectivity index (χ3v) is 3.89. The van der Waals surface area contributed by atoms with Gasteiger partial charge in [-0.1, -0.05) is 34.6 Å². The van der Waals surface area contributed by atoms with E-state index in [0.717, 1.165) is 34.0 Å². The van der Waals surface area contributed by atoms with Crippen LogP contribution < -0.4 is 5.73 Å².